The van der Waals surface area contributed by atoms with Gasteiger partial charge in [0.25, 0.3) is 0 Å². The van der Waals surface area contributed by atoms with Gasteiger partial charge in [-0.1, -0.05) is 0 Å². The maximum absolute atomic E-state index is 2.49. The topological polar surface area (TPSA) is 0 Å². The van der Waals surface area contributed by atoms with Gasteiger partial charge in [0.1, 0.15) is 0 Å². The van der Waals surface area contributed by atoms with E-state index in [1.54, 1.807) is 0 Å². The molecule has 0 saturated heterocycles. The molecule has 0 saturated carbocycles. The van der Waals surface area contributed by atoms with Gasteiger partial charge in [0.2, 0.25) is 0 Å². The average Bonchev–Trinajstić information content (AvgIpc) is 2.51. The molecule has 0 fully saturated rings. The Morgan fingerprint density at radius 3 is 1.15 bits per heavy atom. The molecule has 0 aliphatic heterocycles. The van der Waals surface area contributed by atoms with Crippen molar-refractivity contribution in [3.05, 3.63) is 91.0 Å². The van der Waals surface area contributed by atoms with E-state index in [0.717, 1.165) is 0 Å². The summed E-state index contributed by atoms with van der Waals surface area (Å²) in [6.07, 6.45) is 0. The van der Waals surface area contributed by atoms with Gasteiger partial charge in [0.15, 0.2) is 0 Å². The monoisotopic (exact) mass is 392 g/mol. The Hall–Kier alpha value is -1.30. The first kappa shape index (κ1) is 15.1. The molecule has 0 radical (unpaired) electrons. The second kappa shape index (κ2) is 8.79. The summed E-state index contributed by atoms with van der Waals surface area (Å²) in [7, 11) is 0. The SMILES string of the molecule is [SeH]c1ccccc1.c1ccc([Se]c2ccccc2)cc1. The zero-order chi connectivity index (χ0) is 14.0. The van der Waals surface area contributed by atoms with Crippen molar-refractivity contribution in [2.45, 2.75) is 0 Å². The fourth-order valence-electron chi connectivity index (χ4n) is 1.54. The van der Waals surface area contributed by atoms with Gasteiger partial charge in [0, 0.05) is 0 Å². The van der Waals surface area contributed by atoms with E-state index in [4.69, 9.17) is 0 Å². The Kier molecular flexibility index (Phi) is 6.63. The predicted octanol–water partition coefficient (Wildman–Crippen LogP) is 1.55. The number of rotatable bonds is 2. The van der Waals surface area contributed by atoms with Crippen LogP contribution in [0.3, 0.4) is 0 Å². The second-order valence-corrected chi connectivity index (χ2v) is 7.55. The summed E-state index contributed by atoms with van der Waals surface area (Å²) in [6.45, 7) is 0. The quantitative estimate of drug-likeness (QED) is 0.583. The third-order valence-corrected chi connectivity index (χ3v) is 5.23. The summed E-state index contributed by atoms with van der Waals surface area (Å²) in [6, 6.07) is 31.4. The van der Waals surface area contributed by atoms with Crippen molar-refractivity contribution in [3.63, 3.8) is 0 Å². The Labute approximate surface area is 135 Å². The first-order valence-electron chi connectivity index (χ1n) is 6.36. The van der Waals surface area contributed by atoms with Gasteiger partial charge in [-0.2, -0.15) is 0 Å². The van der Waals surface area contributed by atoms with Crippen molar-refractivity contribution in [2.75, 3.05) is 0 Å². The zero-order valence-electron chi connectivity index (χ0n) is 11.0. The fraction of sp³-hybridized carbons (Fsp3) is 0. The van der Waals surface area contributed by atoms with E-state index in [1.807, 2.05) is 18.2 Å². The molecule has 0 N–H and O–H groups in total. The van der Waals surface area contributed by atoms with Crippen LogP contribution in [-0.2, 0) is 0 Å². The molecule has 0 heterocycles. The number of benzene rings is 3. The Morgan fingerprint density at radius 2 is 0.850 bits per heavy atom. The van der Waals surface area contributed by atoms with E-state index in [-0.39, 0.29) is 0 Å². The van der Waals surface area contributed by atoms with Crippen LogP contribution in [0.4, 0.5) is 0 Å². The molecule has 3 aromatic rings. The van der Waals surface area contributed by atoms with Gasteiger partial charge in [0.05, 0.1) is 0 Å². The molecule has 20 heavy (non-hydrogen) atoms. The van der Waals surface area contributed by atoms with E-state index < -0.39 is 0 Å². The van der Waals surface area contributed by atoms with Gasteiger partial charge < -0.3 is 0 Å². The van der Waals surface area contributed by atoms with Gasteiger partial charge in [-0.15, -0.1) is 0 Å². The first-order chi connectivity index (χ1) is 9.84. The van der Waals surface area contributed by atoms with Gasteiger partial charge in [-0.25, -0.2) is 0 Å². The molecule has 0 amide bonds. The van der Waals surface area contributed by atoms with E-state index >= 15 is 0 Å². The summed E-state index contributed by atoms with van der Waals surface area (Å²) in [4.78, 5) is 0. The van der Waals surface area contributed by atoms with Crippen molar-refractivity contribution in [2.24, 2.45) is 0 Å². The maximum atomic E-state index is 2.49. The van der Waals surface area contributed by atoms with Crippen LogP contribution in [0.15, 0.2) is 91.0 Å². The molecule has 0 bridgehead atoms. The number of hydrogen-bond acceptors (Lipinski definition) is 0. The van der Waals surface area contributed by atoms with Crippen molar-refractivity contribution in [3.8, 4) is 0 Å². The van der Waals surface area contributed by atoms with Crippen LogP contribution in [0.5, 0.6) is 0 Å². The first-order valence-corrected chi connectivity index (χ1v) is 9.02. The van der Waals surface area contributed by atoms with Crippen LogP contribution >= 0.6 is 0 Å². The van der Waals surface area contributed by atoms with E-state index in [1.165, 1.54) is 13.4 Å². The molecule has 3 rings (SSSR count). The van der Waals surface area contributed by atoms with Crippen molar-refractivity contribution < 1.29 is 0 Å². The molecule has 0 nitrogen and oxygen atoms in total. The number of hydrogen-bond donors (Lipinski definition) is 0. The van der Waals surface area contributed by atoms with Crippen molar-refractivity contribution in [1.29, 1.82) is 0 Å². The molecule has 0 atom stereocenters. The molecule has 0 aliphatic carbocycles. The molecule has 3 aromatic carbocycles. The second-order valence-electron chi connectivity index (χ2n) is 4.06. The third kappa shape index (κ3) is 5.77. The third-order valence-electron chi connectivity index (χ3n) is 2.48. The van der Waals surface area contributed by atoms with Gasteiger partial charge in [-0.3, -0.25) is 0 Å². The minimum atomic E-state index is 0.461. The van der Waals surface area contributed by atoms with Gasteiger partial charge >= 0.3 is 135 Å². The van der Waals surface area contributed by atoms with Crippen molar-refractivity contribution in [1.82, 2.24) is 0 Å². The Bertz CT molecular complexity index is 555. The molecule has 2 heteroatoms. The van der Waals surface area contributed by atoms with Crippen LogP contribution in [0.2, 0.25) is 0 Å². The van der Waals surface area contributed by atoms with E-state index in [2.05, 4.69) is 88.8 Å². The summed E-state index contributed by atoms with van der Waals surface area (Å²) in [5, 5.41) is 0. The summed E-state index contributed by atoms with van der Waals surface area (Å²) in [5.41, 5.74) is 0. The normalized spacial score (nSPS) is 9.45. The van der Waals surface area contributed by atoms with E-state index in [0.29, 0.717) is 15.0 Å². The summed E-state index contributed by atoms with van der Waals surface area (Å²) < 4.78 is 4.12. The predicted molar refractivity (Wildman–Crippen MR) is 91.1 cm³/mol. The molecule has 0 aromatic heterocycles. The van der Waals surface area contributed by atoms with Crippen LogP contribution in [0, 0.1) is 0 Å². The molecule has 100 valence electrons. The molecular formula is C18H16Se2. The Morgan fingerprint density at radius 1 is 0.500 bits per heavy atom. The average molecular weight is 390 g/mol. The van der Waals surface area contributed by atoms with Crippen molar-refractivity contribution >= 4 is 44.4 Å². The Balaban J connectivity index is 0.000000178. The minimum absolute atomic E-state index is 0.461. The standard InChI is InChI=1S/C12H10Se.C6H6Se/c1-3-7-11(8-4-1)13-12-9-5-2-6-10-12;7-6-4-2-1-3-5-6/h1-10H;1-5,7H. The fourth-order valence-corrected chi connectivity index (χ4v) is 3.70. The zero-order valence-corrected chi connectivity index (χ0v) is 14.6. The molecule has 0 spiro atoms. The molecule has 0 aliphatic rings. The van der Waals surface area contributed by atoms with Gasteiger partial charge in [-0.05, 0) is 0 Å². The molecular weight excluding hydrogens is 374 g/mol. The molecule has 0 unspecified atom stereocenters. The summed E-state index contributed by atoms with van der Waals surface area (Å²) in [5.74, 6) is 0. The van der Waals surface area contributed by atoms with Crippen LogP contribution in [0.1, 0.15) is 0 Å². The summed E-state index contributed by atoms with van der Waals surface area (Å²) >= 11 is 2.95. The van der Waals surface area contributed by atoms with Crippen LogP contribution in [-0.4, -0.2) is 31.0 Å². The van der Waals surface area contributed by atoms with Crippen LogP contribution < -0.4 is 13.4 Å². The van der Waals surface area contributed by atoms with Crippen LogP contribution in [0.25, 0.3) is 0 Å². The van der Waals surface area contributed by atoms with E-state index in [9.17, 15) is 0 Å².